The van der Waals surface area contributed by atoms with Crippen molar-refractivity contribution in [1.29, 1.82) is 0 Å². The van der Waals surface area contributed by atoms with E-state index in [2.05, 4.69) is 30.2 Å². The van der Waals surface area contributed by atoms with Crippen molar-refractivity contribution in [1.82, 2.24) is 15.2 Å². The van der Waals surface area contributed by atoms with Gasteiger partial charge in [-0.1, -0.05) is 38.1 Å². The predicted octanol–water partition coefficient (Wildman–Crippen LogP) is 3.79. The number of nitrogens with zero attached hydrogens (tertiary/aromatic N) is 2. The number of hydrogen-bond donors (Lipinski definition) is 1. The summed E-state index contributed by atoms with van der Waals surface area (Å²) in [5.74, 6) is 1.48. The molecule has 1 aromatic heterocycles. The number of carbonyl (C=O) groups is 2. The third-order valence-corrected chi connectivity index (χ3v) is 6.29. The number of rotatable bonds is 5. The van der Waals surface area contributed by atoms with E-state index in [1.807, 2.05) is 35.2 Å². The number of fused-ring (bicyclic) bond motifs is 1. The largest absolute Gasteiger partial charge is 0.487 e. The third-order valence-electron chi connectivity index (χ3n) is 6.29. The van der Waals surface area contributed by atoms with Crippen LogP contribution in [0.1, 0.15) is 61.5 Å². The highest BCUT2D eigenvalue weighted by molar-refractivity contribution is 5.92. The quantitative estimate of drug-likeness (QED) is 0.797. The second kappa shape index (κ2) is 9.08. The Labute approximate surface area is 184 Å². The first-order valence-electron chi connectivity index (χ1n) is 11.2. The summed E-state index contributed by atoms with van der Waals surface area (Å²) in [4.78, 5) is 31.4. The third kappa shape index (κ3) is 4.89. The molecule has 6 heteroatoms. The highest BCUT2D eigenvalue weighted by atomic mass is 16.5. The number of nitrogens with one attached hydrogen (secondary N) is 1. The minimum atomic E-state index is -0.335. The summed E-state index contributed by atoms with van der Waals surface area (Å²) in [5, 5.41) is 3.05. The maximum absolute atomic E-state index is 12.8. The van der Waals surface area contributed by atoms with Gasteiger partial charge in [0, 0.05) is 51.0 Å². The van der Waals surface area contributed by atoms with Gasteiger partial charge >= 0.3 is 0 Å². The molecule has 2 amide bonds. The van der Waals surface area contributed by atoms with Crippen LogP contribution in [0.3, 0.4) is 0 Å². The van der Waals surface area contributed by atoms with Crippen LogP contribution >= 0.6 is 0 Å². The molecule has 1 spiro atoms. The van der Waals surface area contributed by atoms with Crippen LogP contribution in [0.5, 0.6) is 5.75 Å². The fourth-order valence-corrected chi connectivity index (χ4v) is 4.62. The minimum Gasteiger partial charge on any atom is -0.487 e. The molecule has 1 fully saturated rings. The molecule has 1 saturated heterocycles. The van der Waals surface area contributed by atoms with E-state index in [1.165, 1.54) is 0 Å². The molecule has 0 radical (unpaired) electrons. The predicted molar refractivity (Wildman–Crippen MR) is 119 cm³/mol. The molecule has 0 saturated carbocycles. The van der Waals surface area contributed by atoms with Crippen molar-refractivity contribution in [2.75, 3.05) is 19.6 Å². The molecular formula is C25H31N3O3. The lowest BCUT2D eigenvalue weighted by atomic mass is 9.76. The van der Waals surface area contributed by atoms with Crippen LogP contribution in [0.25, 0.3) is 0 Å². The zero-order valence-electron chi connectivity index (χ0n) is 18.3. The monoisotopic (exact) mass is 421 g/mol. The molecule has 2 aliphatic heterocycles. The summed E-state index contributed by atoms with van der Waals surface area (Å²) in [5.41, 5.74) is 1.26. The molecule has 4 rings (SSSR count). The number of benzene rings is 1. The van der Waals surface area contributed by atoms with Crippen molar-refractivity contribution in [3.63, 3.8) is 0 Å². The summed E-state index contributed by atoms with van der Waals surface area (Å²) < 4.78 is 6.52. The van der Waals surface area contributed by atoms with E-state index >= 15 is 0 Å². The fraction of sp³-hybridized carbons (Fsp3) is 0.480. The Morgan fingerprint density at radius 3 is 2.61 bits per heavy atom. The van der Waals surface area contributed by atoms with Crippen LogP contribution in [-0.4, -0.2) is 46.9 Å². The summed E-state index contributed by atoms with van der Waals surface area (Å²) in [6.07, 6.45) is 4.42. The highest BCUT2D eigenvalue weighted by Crippen LogP contribution is 2.46. The summed E-state index contributed by atoms with van der Waals surface area (Å²) in [7, 11) is 0. The van der Waals surface area contributed by atoms with Crippen molar-refractivity contribution in [2.24, 2.45) is 5.92 Å². The molecule has 2 aromatic rings. The van der Waals surface area contributed by atoms with E-state index < -0.39 is 0 Å². The summed E-state index contributed by atoms with van der Waals surface area (Å²) >= 11 is 0. The van der Waals surface area contributed by atoms with E-state index in [0.717, 1.165) is 30.6 Å². The van der Waals surface area contributed by atoms with Crippen molar-refractivity contribution in [2.45, 2.75) is 51.0 Å². The van der Waals surface area contributed by atoms with Crippen molar-refractivity contribution < 1.29 is 14.3 Å². The molecule has 0 aliphatic carbocycles. The van der Waals surface area contributed by atoms with Gasteiger partial charge in [0.25, 0.3) is 5.91 Å². The van der Waals surface area contributed by atoms with Crippen LogP contribution in [0, 0.1) is 5.92 Å². The molecule has 2 aliphatic rings. The van der Waals surface area contributed by atoms with Crippen molar-refractivity contribution in [3.8, 4) is 5.75 Å². The van der Waals surface area contributed by atoms with Gasteiger partial charge in [0.15, 0.2) is 0 Å². The maximum atomic E-state index is 12.8. The number of amides is 2. The fourth-order valence-electron chi connectivity index (χ4n) is 4.62. The number of aromatic nitrogens is 1. The Morgan fingerprint density at radius 1 is 1.16 bits per heavy atom. The normalized spacial score (nSPS) is 19.6. The molecule has 164 valence electrons. The number of piperidine rings is 1. The first-order valence-corrected chi connectivity index (χ1v) is 11.2. The number of hydrogen-bond acceptors (Lipinski definition) is 4. The number of pyridine rings is 1. The Kier molecular flexibility index (Phi) is 6.25. The van der Waals surface area contributed by atoms with Gasteiger partial charge in [0.1, 0.15) is 17.0 Å². The van der Waals surface area contributed by atoms with E-state index in [-0.39, 0.29) is 23.3 Å². The second-order valence-corrected chi connectivity index (χ2v) is 9.13. The van der Waals surface area contributed by atoms with Crippen LogP contribution < -0.4 is 10.1 Å². The van der Waals surface area contributed by atoms with Crippen molar-refractivity contribution in [3.05, 3.63) is 59.9 Å². The SMILES string of the molecule is CC(C)CNC(=O)C[C@H]1CC2(CCN(C(=O)c3ccccn3)CC2)Oc2ccccc21. The summed E-state index contributed by atoms with van der Waals surface area (Å²) in [6, 6.07) is 13.5. The number of para-hydroxylation sites is 1. The lowest BCUT2D eigenvalue weighted by Gasteiger charge is -2.46. The van der Waals surface area contributed by atoms with Gasteiger partial charge in [-0.05, 0) is 36.1 Å². The first kappa shape index (κ1) is 21.3. The number of carbonyl (C=O) groups excluding carboxylic acids is 2. The molecule has 3 heterocycles. The van der Waals surface area contributed by atoms with Gasteiger partial charge in [0.05, 0.1) is 0 Å². The number of likely N-dealkylation sites (tertiary alicyclic amines) is 1. The van der Waals surface area contributed by atoms with Crippen molar-refractivity contribution >= 4 is 11.8 Å². The van der Waals surface area contributed by atoms with Gasteiger partial charge in [-0.3, -0.25) is 14.6 Å². The average Bonchev–Trinajstić information content (AvgIpc) is 2.78. The highest BCUT2D eigenvalue weighted by Gasteiger charge is 2.44. The lowest BCUT2D eigenvalue weighted by molar-refractivity contribution is -0.122. The van der Waals surface area contributed by atoms with E-state index in [4.69, 9.17) is 4.74 Å². The average molecular weight is 422 g/mol. The standard InChI is InChI=1S/C25H31N3O3/c1-18(2)17-27-23(29)15-19-16-25(31-22-9-4-3-7-20(19)22)10-13-28(14-11-25)24(30)21-8-5-6-12-26-21/h3-9,12,18-19H,10-11,13-17H2,1-2H3,(H,27,29)/t19-/m0/s1. The van der Waals surface area contributed by atoms with E-state index in [0.29, 0.717) is 37.7 Å². The Hall–Kier alpha value is -2.89. The van der Waals surface area contributed by atoms with Crippen LogP contribution in [0.15, 0.2) is 48.7 Å². The Balaban J connectivity index is 1.46. The van der Waals surface area contributed by atoms with Gasteiger partial charge in [0.2, 0.25) is 5.91 Å². The zero-order valence-corrected chi connectivity index (χ0v) is 18.3. The molecule has 6 nitrogen and oxygen atoms in total. The van der Waals surface area contributed by atoms with Gasteiger partial charge in [-0.15, -0.1) is 0 Å². The smallest absolute Gasteiger partial charge is 0.272 e. The van der Waals surface area contributed by atoms with Gasteiger partial charge in [-0.2, -0.15) is 0 Å². The molecule has 31 heavy (non-hydrogen) atoms. The number of ether oxygens (including phenoxy) is 1. The minimum absolute atomic E-state index is 0.0312. The molecule has 1 aromatic carbocycles. The zero-order chi connectivity index (χ0) is 21.8. The Morgan fingerprint density at radius 2 is 1.90 bits per heavy atom. The molecule has 1 atom stereocenters. The molecule has 0 unspecified atom stereocenters. The molecule has 1 N–H and O–H groups in total. The topological polar surface area (TPSA) is 71.5 Å². The van der Waals surface area contributed by atoms with Gasteiger partial charge < -0.3 is 15.0 Å². The maximum Gasteiger partial charge on any atom is 0.272 e. The lowest BCUT2D eigenvalue weighted by Crippen LogP contribution is -2.52. The van der Waals surface area contributed by atoms with E-state index in [9.17, 15) is 9.59 Å². The second-order valence-electron chi connectivity index (χ2n) is 9.13. The summed E-state index contributed by atoms with van der Waals surface area (Å²) in [6.45, 7) is 6.14. The molecular weight excluding hydrogens is 390 g/mol. The van der Waals surface area contributed by atoms with Crippen LogP contribution in [0.2, 0.25) is 0 Å². The molecule has 0 bridgehead atoms. The van der Waals surface area contributed by atoms with Gasteiger partial charge in [-0.25, -0.2) is 0 Å². The van der Waals surface area contributed by atoms with Crippen LogP contribution in [-0.2, 0) is 4.79 Å². The Bertz CT molecular complexity index is 921. The van der Waals surface area contributed by atoms with Crippen LogP contribution in [0.4, 0.5) is 0 Å². The van der Waals surface area contributed by atoms with E-state index in [1.54, 1.807) is 12.3 Å². The first-order chi connectivity index (χ1) is 15.0.